The Bertz CT molecular complexity index is 495. The van der Waals surface area contributed by atoms with Crippen molar-refractivity contribution in [2.45, 2.75) is 60.4 Å². The van der Waals surface area contributed by atoms with Gasteiger partial charge in [0.15, 0.2) is 11.1 Å². The standard InChI is InChI=1S/C16H26N2O3/c1-8-16(18(21)17-20)9-11(14(2,3)4)13(19)12(10-16)15(5,6)7/h9-10,20H,8H2,1-7H3. The van der Waals surface area contributed by atoms with Crippen LogP contribution in [0.1, 0.15) is 54.9 Å². The fraction of sp³-hybridized carbons (Fsp3) is 0.688. The smallest absolute Gasteiger partial charge is 0.240 e. The zero-order valence-corrected chi connectivity index (χ0v) is 14.0. The highest BCUT2D eigenvalue weighted by molar-refractivity contribution is 6.11. The van der Waals surface area contributed by atoms with E-state index in [1.807, 2.05) is 48.5 Å². The predicted octanol–water partition coefficient (Wildman–Crippen LogP) is 4.01. The summed E-state index contributed by atoms with van der Waals surface area (Å²) < 4.78 is 0. The van der Waals surface area contributed by atoms with Gasteiger partial charge in [-0.2, -0.15) is 0 Å². The largest absolute Gasteiger partial charge is 0.596 e. The summed E-state index contributed by atoms with van der Waals surface area (Å²) in [6, 6.07) is 0. The number of hydrogen-bond donors (Lipinski definition) is 1. The molecule has 1 aliphatic carbocycles. The zero-order valence-electron chi connectivity index (χ0n) is 14.0. The summed E-state index contributed by atoms with van der Waals surface area (Å²) in [5, 5.41) is 23.8. The quantitative estimate of drug-likeness (QED) is 0.475. The Balaban J connectivity index is 3.66. The van der Waals surface area contributed by atoms with E-state index in [-0.39, 0.29) is 10.6 Å². The van der Waals surface area contributed by atoms with Crippen molar-refractivity contribution in [1.29, 1.82) is 0 Å². The lowest BCUT2D eigenvalue weighted by atomic mass is 9.68. The second-order valence-electron chi connectivity index (χ2n) is 7.65. The topological polar surface area (TPSA) is 75.7 Å². The van der Waals surface area contributed by atoms with E-state index >= 15 is 0 Å². The average molecular weight is 294 g/mol. The van der Waals surface area contributed by atoms with Gasteiger partial charge in [0, 0.05) is 29.7 Å². The highest BCUT2D eigenvalue weighted by atomic mass is 16.6. The molecule has 0 heterocycles. The fourth-order valence-corrected chi connectivity index (χ4v) is 2.47. The summed E-state index contributed by atoms with van der Waals surface area (Å²) in [5.41, 5.74) is -0.729. The van der Waals surface area contributed by atoms with E-state index in [9.17, 15) is 10.0 Å². The molecule has 0 radical (unpaired) electrons. The first-order valence-corrected chi connectivity index (χ1v) is 7.23. The molecule has 0 unspecified atom stereocenters. The lowest BCUT2D eigenvalue weighted by Crippen LogP contribution is -2.42. The van der Waals surface area contributed by atoms with E-state index in [1.165, 1.54) is 0 Å². The van der Waals surface area contributed by atoms with Crippen LogP contribution in [0.4, 0.5) is 0 Å². The van der Waals surface area contributed by atoms with Crippen LogP contribution in [0.25, 0.3) is 0 Å². The molecule has 0 atom stereocenters. The minimum atomic E-state index is -1.12. The average Bonchev–Trinajstić information content (AvgIpc) is 2.35. The Labute approximate surface area is 126 Å². The third-order valence-corrected chi connectivity index (χ3v) is 3.90. The van der Waals surface area contributed by atoms with Crippen LogP contribution >= 0.6 is 0 Å². The molecule has 5 nitrogen and oxygen atoms in total. The molecule has 0 amide bonds. The van der Waals surface area contributed by atoms with Gasteiger partial charge in [-0.1, -0.05) is 48.5 Å². The predicted molar refractivity (Wildman–Crippen MR) is 80.9 cm³/mol. The van der Waals surface area contributed by atoms with E-state index in [0.717, 1.165) is 0 Å². The number of nitrogens with zero attached hydrogens (tertiary/aromatic N) is 2. The monoisotopic (exact) mass is 294 g/mol. The van der Waals surface area contributed by atoms with Gasteiger partial charge in [0.1, 0.15) is 0 Å². The molecule has 0 saturated carbocycles. The maximum Gasteiger partial charge on any atom is 0.240 e. The van der Waals surface area contributed by atoms with Crippen molar-refractivity contribution < 1.29 is 14.9 Å². The van der Waals surface area contributed by atoms with Crippen LogP contribution in [0.3, 0.4) is 0 Å². The second-order valence-corrected chi connectivity index (χ2v) is 7.65. The van der Waals surface area contributed by atoms with Crippen LogP contribution in [0.5, 0.6) is 0 Å². The molecule has 1 N–H and O–H groups in total. The Morgan fingerprint density at radius 1 is 1.14 bits per heavy atom. The number of ketones is 1. The molecule has 0 saturated heterocycles. The molecular formula is C16H26N2O3. The maximum atomic E-state index is 12.8. The number of rotatable bonds is 2. The number of Topliss-reactive ketones (excluding diaryl/α,β-unsaturated/α-hetero) is 1. The number of hydrogen-bond acceptors (Lipinski definition) is 3. The van der Waals surface area contributed by atoms with Crippen molar-refractivity contribution in [3.63, 3.8) is 0 Å². The van der Waals surface area contributed by atoms with E-state index in [2.05, 4.69) is 5.28 Å². The van der Waals surface area contributed by atoms with Gasteiger partial charge in [-0.15, -0.1) is 0 Å². The SMILES string of the molecule is CCC1([N+]([O-])=NO)C=C(C(C)(C)C)C(=O)C(C(C)(C)C)=C1. The van der Waals surface area contributed by atoms with Gasteiger partial charge < -0.3 is 10.4 Å². The molecule has 21 heavy (non-hydrogen) atoms. The molecule has 0 aliphatic heterocycles. The first-order valence-electron chi connectivity index (χ1n) is 7.23. The van der Waals surface area contributed by atoms with Crippen LogP contribution in [0.15, 0.2) is 28.6 Å². The second kappa shape index (κ2) is 5.28. The zero-order chi connectivity index (χ0) is 16.6. The van der Waals surface area contributed by atoms with E-state index in [0.29, 0.717) is 17.6 Å². The van der Waals surface area contributed by atoms with Crippen molar-refractivity contribution in [3.8, 4) is 0 Å². The number of allylic oxidation sites excluding steroid dienone is 2. The normalized spacial score (nSPS) is 20.1. The molecule has 0 aromatic carbocycles. The first-order chi connectivity index (χ1) is 9.39. The van der Waals surface area contributed by atoms with Crippen LogP contribution in [-0.2, 0) is 4.79 Å². The number of carbonyl (C=O) groups excluding carboxylic acids is 1. The van der Waals surface area contributed by atoms with E-state index in [4.69, 9.17) is 5.21 Å². The lowest BCUT2D eigenvalue weighted by Gasteiger charge is -2.35. The number of hydroxylamine groups is 1. The molecular weight excluding hydrogens is 268 g/mol. The maximum absolute atomic E-state index is 12.8. The minimum Gasteiger partial charge on any atom is -0.596 e. The Morgan fingerprint density at radius 3 is 1.76 bits per heavy atom. The van der Waals surface area contributed by atoms with Crippen molar-refractivity contribution in [1.82, 2.24) is 0 Å². The van der Waals surface area contributed by atoms with Crippen molar-refractivity contribution >= 4 is 5.78 Å². The van der Waals surface area contributed by atoms with Gasteiger partial charge in [0.05, 0.1) is 0 Å². The number of carbonyl (C=O) groups is 1. The summed E-state index contributed by atoms with van der Waals surface area (Å²) in [4.78, 5) is 13.1. The van der Waals surface area contributed by atoms with Crippen molar-refractivity contribution in [2.24, 2.45) is 16.1 Å². The van der Waals surface area contributed by atoms with E-state index < -0.39 is 16.4 Å². The Kier molecular flexibility index (Phi) is 4.37. The van der Waals surface area contributed by atoms with Gasteiger partial charge in [-0.3, -0.25) is 4.79 Å². The Hall–Kier alpha value is -1.65. The molecule has 0 spiro atoms. The Morgan fingerprint density at radius 2 is 1.52 bits per heavy atom. The highest BCUT2D eigenvalue weighted by Gasteiger charge is 2.45. The molecule has 5 heteroatoms. The first kappa shape index (κ1) is 17.4. The van der Waals surface area contributed by atoms with E-state index in [1.54, 1.807) is 12.2 Å². The molecule has 118 valence electrons. The van der Waals surface area contributed by atoms with Gasteiger partial charge in [-0.05, 0) is 15.7 Å². The van der Waals surface area contributed by atoms with Gasteiger partial charge in [0.2, 0.25) is 5.54 Å². The van der Waals surface area contributed by atoms with Crippen molar-refractivity contribution in [3.05, 3.63) is 28.5 Å². The van der Waals surface area contributed by atoms with Gasteiger partial charge in [-0.25, -0.2) is 0 Å². The van der Waals surface area contributed by atoms with Crippen molar-refractivity contribution in [2.75, 3.05) is 0 Å². The summed E-state index contributed by atoms with van der Waals surface area (Å²) in [7, 11) is 0. The van der Waals surface area contributed by atoms with Crippen LogP contribution < -0.4 is 0 Å². The highest BCUT2D eigenvalue weighted by Crippen LogP contribution is 2.42. The van der Waals surface area contributed by atoms with Gasteiger partial charge >= 0.3 is 0 Å². The fourth-order valence-electron chi connectivity index (χ4n) is 2.47. The molecule has 0 aromatic rings. The third kappa shape index (κ3) is 3.17. The molecule has 1 aliphatic rings. The molecule has 0 aromatic heterocycles. The summed E-state index contributed by atoms with van der Waals surface area (Å²) >= 11 is 0. The summed E-state index contributed by atoms with van der Waals surface area (Å²) in [5.74, 6) is -0.0367. The van der Waals surface area contributed by atoms with Crippen LogP contribution in [0, 0.1) is 16.0 Å². The lowest BCUT2D eigenvalue weighted by molar-refractivity contribution is -0.608. The van der Waals surface area contributed by atoms with Crippen LogP contribution in [0.2, 0.25) is 0 Å². The summed E-state index contributed by atoms with van der Waals surface area (Å²) in [6.07, 6.45) is 3.71. The summed E-state index contributed by atoms with van der Waals surface area (Å²) in [6.45, 7) is 13.5. The van der Waals surface area contributed by atoms with Crippen LogP contribution in [-0.4, -0.2) is 21.4 Å². The van der Waals surface area contributed by atoms with Gasteiger partial charge in [0.25, 0.3) is 0 Å². The molecule has 0 fully saturated rings. The molecule has 1 rings (SSSR count). The minimum absolute atomic E-state index is 0.0367. The third-order valence-electron chi connectivity index (χ3n) is 3.90. The molecule has 0 bridgehead atoms.